The quantitative estimate of drug-likeness (QED) is 0.195. The standard InChI is InChI=1S/C31H33N9O2S2/c1-2-33-31-35-26(23-12-7-4-8-13-23)27(43-31)28-36-29(32)38-30(37-28)34-24-14-9-15-25(20-24)44(41,42)40-18-16-39(17-19-40)21-22-10-5-3-6-11-22/h3-15,20H,2,16-19,21H2,1H3,(H,33,35)(H3,32,34,36,37,38). The van der Waals surface area contributed by atoms with Crippen LogP contribution in [0.4, 0.5) is 22.7 Å². The van der Waals surface area contributed by atoms with Crippen molar-refractivity contribution in [1.29, 1.82) is 0 Å². The molecule has 226 valence electrons. The van der Waals surface area contributed by atoms with Crippen molar-refractivity contribution in [1.82, 2.24) is 29.1 Å². The maximum Gasteiger partial charge on any atom is 0.243 e. The van der Waals surface area contributed by atoms with E-state index in [1.54, 1.807) is 28.6 Å². The second-order valence-electron chi connectivity index (χ2n) is 10.3. The molecule has 11 nitrogen and oxygen atoms in total. The molecule has 4 N–H and O–H groups in total. The summed E-state index contributed by atoms with van der Waals surface area (Å²) in [6, 6.07) is 26.7. The van der Waals surface area contributed by atoms with Gasteiger partial charge in [0.05, 0.1) is 10.6 Å². The maximum atomic E-state index is 13.6. The first-order chi connectivity index (χ1) is 21.4. The molecular weight excluding hydrogens is 595 g/mol. The molecule has 0 aliphatic carbocycles. The average Bonchev–Trinajstić information content (AvgIpc) is 3.46. The van der Waals surface area contributed by atoms with Crippen LogP contribution in [0.25, 0.3) is 22.0 Å². The Labute approximate surface area is 260 Å². The van der Waals surface area contributed by atoms with E-state index in [9.17, 15) is 8.42 Å². The molecule has 1 aliphatic rings. The number of nitrogen functional groups attached to an aromatic ring is 1. The molecule has 1 saturated heterocycles. The number of hydrogen-bond donors (Lipinski definition) is 3. The number of piperazine rings is 1. The number of nitrogens with zero attached hydrogens (tertiary/aromatic N) is 6. The molecule has 6 rings (SSSR count). The van der Waals surface area contributed by atoms with Gasteiger partial charge in [-0.05, 0) is 30.7 Å². The minimum absolute atomic E-state index is 0.0343. The summed E-state index contributed by atoms with van der Waals surface area (Å²) in [4.78, 5) is 21.3. The molecule has 0 saturated carbocycles. The molecule has 0 radical (unpaired) electrons. The Morgan fingerprint density at radius 2 is 1.59 bits per heavy atom. The number of benzene rings is 3. The smallest absolute Gasteiger partial charge is 0.243 e. The molecule has 1 fully saturated rings. The van der Waals surface area contributed by atoms with E-state index in [-0.39, 0.29) is 16.8 Å². The van der Waals surface area contributed by atoms with Gasteiger partial charge in [-0.15, -0.1) is 0 Å². The highest BCUT2D eigenvalue weighted by molar-refractivity contribution is 7.89. The SMILES string of the molecule is CCNc1nc(-c2ccccc2)c(-c2nc(N)nc(Nc3cccc(S(=O)(=O)N4CCN(Cc5ccccc5)CC4)c3)n2)s1. The number of anilines is 4. The van der Waals surface area contributed by atoms with Gasteiger partial charge in [0.1, 0.15) is 4.88 Å². The van der Waals surface area contributed by atoms with E-state index >= 15 is 0 Å². The summed E-state index contributed by atoms with van der Waals surface area (Å²) < 4.78 is 28.7. The fourth-order valence-corrected chi connectivity index (χ4v) is 7.48. The summed E-state index contributed by atoms with van der Waals surface area (Å²) in [7, 11) is -3.70. The Morgan fingerprint density at radius 1 is 0.864 bits per heavy atom. The molecule has 0 atom stereocenters. The van der Waals surface area contributed by atoms with Crippen LogP contribution < -0.4 is 16.4 Å². The minimum Gasteiger partial charge on any atom is -0.368 e. The second kappa shape index (κ2) is 13.1. The highest BCUT2D eigenvalue weighted by Gasteiger charge is 2.29. The van der Waals surface area contributed by atoms with Gasteiger partial charge >= 0.3 is 0 Å². The van der Waals surface area contributed by atoms with E-state index in [1.165, 1.54) is 16.9 Å². The van der Waals surface area contributed by atoms with Crippen LogP contribution in [0, 0.1) is 0 Å². The second-order valence-corrected chi connectivity index (χ2v) is 13.2. The zero-order valence-electron chi connectivity index (χ0n) is 24.2. The van der Waals surface area contributed by atoms with Crippen molar-refractivity contribution in [2.75, 3.05) is 49.1 Å². The monoisotopic (exact) mass is 627 g/mol. The largest absolute Gasteiger partial charge is 0.368 e. The molecule has 0 unspecified atom stereocenters. The number of hydrogen-bond acceptors (Lipinski definition) is 11. The zero-order chi connectivity index (χ0) is 30.5. The van der Waals surface area contributed by atoms with Crippen molar-refractivity contribution in [2.24, 2.45) is 0 Å². The highest BCUT2D eigenvalue weighted by atomic mass is 32.2. The number of sulfonamides is 1. The van der Waals surface area contributed by atoms with E-state index in [1.807, 2.05) is 55.5 Å². The van der Waals surface area contributed by atoms with Crippen molar-refractivity contribution in [2.45, 2.75) is 18.4 Å². The lowest BCUT2D eigenvalue weighted by molar-refractivity contribution is 0.181. The van der Waals surface area contributed by atoms with Gasteiger partial charge in [0.25, 0.3) is 0 Å². The van der Waals surface area contributed by atoms with E-state index in [4.69, 9.17) is 10.7 Å². The molecule has 0 bridgehead atoms. The van der Waals surface area contributed by atoms with Crippen molar-refractivity contribution >= 4 is 44.1 Å². The molecule has 0 spiro atoms. The van der Waals surface area contributed by atoms with E-state index in [0.717, 1.165) is 34.4 Å². The van der Waals surface area contributed by atoms with Crippen LogP contribution in [0.2, 0.25) is 0 Å². The van der Waals surface area contributed by atoms with Gasteiger partial charge in [0.2, 0.25) is 21.9 Å². The third kappa shape index (κ3) is 6.70. The Morgan fingerprint density at radius 3 is 2.32 bits per heavy atom. The minimum atomic E-state index is -3.70. The van der Waals surface area contributed by atoms with Crippen LogP contribution in [0.1, 0.15) is 12.5 Å². The molecule has 1 aliphatic heterocycles. The van der Waals surface area contributed by atoms with Gasteiger partial charge in [-0.3, -0.25) is 4.90 Å². The molecule has 5 aromatic rings. The van der Waals surface area contributed by atoms with E-state index in [2.05, 4.69) is 42.6 Å². The normalized spacial score (nSPS) is 14.4. The lowest BCUT2D eigenvalue weighted by Gasteiger charge is -2.34. The first-order valence-corrected chi connectivity index (χ1v) is 16.6. The van der Waals surface area contributed by atoms with Crippen molar-refractivity contribution in [3.8, 4) is 22.0 Å². The fraction of sp³-hybridized carbons (Fsp3) is 0.226. The lowest BCUT2D eigenvalue weighted by atomic mass is 10.1. The summed E-state index contributed by atoms with van der Waals surface area (Å²) >= 11 is 1.43. The number of rotatable bonds is 10. The lowest BCUT2D eigenvalue weighted by Crippen LogP contribution is -2.48. The first kappa shape index (κ1) is 29.6. The third-order valence-electron chi connectivity index (χ3n) is 7.17. The van der Waals surface area contributed by atoms with Gasteiger partial charge in [0, 0.05) is 50.5 Å². The van der Waals surface area contributed by atoms with Crippen LogP contribution in [0.5, 0.6) is 0 Å². The summed E-state index contributed by atoms with van der Waals surface area (Å²) in [5.74, 6) is 0.610. The molecule has 3 aromatic carbocycles. The number of thiazole rings is 1. The van der Waals surface area contributed by atoms with Gasteiger partial charge in [-0.25, -0.2) is 13.4 Å². The van der Waals surface area contributed by atoms with Crippen LogP contribution in [-0.4, -0.2) is 70.3 Å². The number of nitrogens with one attached hydrogen (secondary N) is 2. The van der Waals surface area contributed by atoms with Gasteiger partial charge in [-0.1, -0.05) is 78.1 Å². The molecule has 2 aromatic heterocycles. The predicted octanol–water partition coefficient (Wildman–Crippen LogP) is 4.93. The molecule has 0 amide bonds. The fourth-order valence-electron chi connectivity index (χ4n) is 5.02. The zero-order valence-corrected chi connectivity index (χ0v) is 25.9. The maximum absolute atomic E-state index is 13.6. The molecule has 3 heterocycles. The molecule has 44 heavy (non-hydrogen) atoms. The van der Waals surface area contributed by atoms with Crippen molar-refractivity contribution in [3.05, 3.63) is 90.5 Å². The van der Waals surface area contributed by atoms with Crippen molar-refractivity contribution in [3.63, 3.8) is 0 Å². The number of aromatic nitrogens is 4. The summed E-state index contributed by atoms with van der Waals surface area (Å²) in [5, 5.41) is 7.14. The highest BCUT2D eigenvalue weighted by Crippen LogP contribution is 2.38. The van der Waals surface area contributed by atoms with Crippen LogP contribution in [-0.2, 0) is 16.6 Å². The van der Waals surface area contributed by atoms with Crippen LogP contribution in [0.3, 0.4) is 0 Å². The average molecular weight is 628 g/mol. The first-order valence-electron chi connectivity index (χ1n) is 14.3. The number of nitrogens with two attached hydrogens (primary N) is 1. The van der Waals surface area contributed by atoms with Crippen LogP contribution >= 0.6 is 11.3 Å². The topological polar surface area (TPSA) is 142 Å². The Hall–Kier alpha value is -4.43. The molecular formula is C31H33N9O2S2. The van der Waals surface area contributed by atoms with E-state index < -0.39 is 10.0 Å². The van der Waals surface area contributed by atoms with E-state index in [0.29, 0.717) is 37.7 Å². The Bertz CT molecular complexity index is 1830. The Kier molecular flexibility index (Phi) is 8.79. The molecule has 13 heteroatoms. The predicted molar refractivity (Wildman–Crippen MR) is 175 cm³/mol. The summed E-state index contributed by atoms with van der Waals surface area (Å²) in [5.41, 5.74) is 9.52. The van der Waals surface area contributed by atoms with Crippen LogP contribution in [0.15, 0.2) is 89.8 Å². The third-order valence-corrected chi connectivity index (χ3v) is 10.1. The van der Waals surface area contributed by atoms with Gasteiger partial charge in [0.15, 0.2) is 11.0 Å². The van der Waals surface area contributed by atoms with Crippen molar-refractivity contribution < 1.29 is 8.42 Å². The summed E-state index contributed by atoms with van der Waals surface area (Å²) in [6.07, 6.45) is 0. The van der Waals surface area contributed by atoms with Gasteiger partial charge < -0.3 is 16.4 Å². The van der Waals surface area contributed by atoms with Gasteiger partial charge in [-0.2, -0.15) is 19.3 Å². The Balaban J connectivity index is 1.20. The summed E-state index contributed by atoms with van der Waals surface area (Å²) in [6.45, 7) is 5.70.